The highest BCUT2D eigenvalue weighted by atomic mass is 35.5. The fourth-order valence-electron chi connectivity index (χ4n) is 3.01. The molecule has 2 fully saturated rings. The average molecular weight is 275 g/mol. The zero-order chi connectivity index (χ0) is 11.9. The van der Waals surface area contributed by atoms with Crippen molar-refractivity contribution in [3.05, 3.63) is 0 Å². The van der Waals surface area contributed by atoms with Crippen molar-refractivity contribution in [2.75, 3.05) is 13.1 Å². The normalized spacial score (nSPS) is 26.6. The van der Waals surface area contributed by atoms with Crippen LogP contribution in [-0.4, -0.2) is 25.0 Å². The maximum Gasteiger partial charge on any atom is 0.223 e. The first-order valence-electron chi connectivity index (χ1n) is 7.37. The third-order valence-electron chi connectivity index (χ3n) is 4.12. The Morgan fingerprint density at radius 1 is 0.944 bits per heavy atom. The molecule has 3 nitrogen and oxygen atoms in total. The van der Waals surface area contributed by atoms with Gasteiger partial charge in [-0.15, -0.1) is 12.4 Å². The lowest BCUT2D eigenvalue weighted by Crippen LogP contribution is -2.47. The zero-order valence-electron chi connectivity index (χ0n) is 11.2. The van der Waals surface area contributed by atoms with Gasteiger partial charge in [-0.05, 0) is 32.2 Å². The fraction of sp³-hybridized carbons (Fsp3) is 0.929. The number of carbonyl (C=O) groups is 1. The Balaban J connectivity index is 0.00000162. The van der Waals surface area contributed by atoms with Crippen LogP contribution < -0.4 is 10.6 Å². The van der Waals surface area contributed by atoms with Gasteiger partial charge in [0.1, 0.15) is 0 Å². The molecule has 1 aliphatic heterocycles. The summed E-state index contributed by atoms with van der Waals surface area (Å²) in [5, 5.41) is 6.59. The van der Waals surface area contributed by atoms with Crippen LogP contribution in [0.25, 0.3) is 0 Å². The second kappa shape index (κ2) is 8.76. The van der Waals surface area contributed by atoms with Crippen molar-refractivity contribution >= 4 is 18.3 Å². The Kier molecular flexibility index (Phi) is 7.68. The van der Waals surface area contributed by atoms with Crippen LogP contribution in [0.2, 0.25) is 0 Å². The van der Waals surface area contributed by atoms with Crippen molar-refractivity contribution in [3.63, 3.8) is 0 Å². The Morgan fingerprint density at radius 2 is 1.61 bits per heavy atom. The molecule has 0 spiro atoms. The van der Waals surface area contributed by atoms with E-state index in [0.29, 0.717) is 11.9 Å². The van der Waals surface area contributed by atoms with Crippen molar-refractivity contribution in [1.29, 1.82) is 0 Å². The molecule has 1 amide bonds. The van der Waals surface area contributed by atoms with Gasteiger partial charge in [0.15, 0.2) is 0 Å². The number of hydrogen-bond donors (Lipinski definition) is 2. The highest BCUT2D eigenvalue weighted by molar-refractivity contribution is 5.85. The molecule has 2 rings (SSSR count). The van der Waals surface area contributed by atoms with Crippen molar-refractivity contribution in [2.45, 2.75) is 63.8 Å². The highest BCUT2D eigenvalue weighted by Crippen LogP contribution is 2.22. The Labute approximate surface area is 117 Å². The summed E-state index contributed by atoms with van der Waals surface area (Å²) >= 11 is 0. The van der Waals surface area contributed by atoms with Gasteiger partial charge in [-0.1, -0.05) is 32.1 Å². The number of piperidine rings is 1. The van der Waals surface area contributed by atoms with Gasteiger partial charge >= 0.3 is 0 Å². The van der Waals surface area contributed by atoms with E-state index in [1.165, 1.54) is 38.5 Å². The summed E-state index contributed by atoms with van der Waals surface area (Å²) in [5.74, 6) is 0.609. The van der Waals surface area contributed by atoms with Crippen LogP contribution in [-0.2, 0) is 4.79 Å². The number of rotatable bonds is 2. The molecule has 4 heteroatoms. The Hall–Kier alpha value is -0.280. The molecule has 2 N–H and O–H groups in total. The molecule has 2 aliphatic rings. The quantitative estimate of drug-likeness (QED) is 0.813. The molecule has 1 saturated heterocycles. The predicted molar refractivity (Wildman–Crippen MR) is 77.1 cm³/mol. The largest absolute Gasteiger partial charge is 0.352 e. The number of nitrogens with one attached hydrogen (secondary N) is 2. The highest BCUT2D eigenvalue weighted by Gasteiger charge is 2.22. The van der Waals surface area contributed by atoms with E-state index in [9.17, 15) is 4.79 Å². The molecular weight excluding hydrogens is 248 g/mol. The topological polar surface area (TPSA) is 41.1 Å². The van der Waals surface area contributed by atoms with Gasteiger partial charge < -0.3 is 10.6 Å². The molecule has 18 heavy (non-hydrogen) atoms. The van der Waals surface area contributed by atoms with Gasteiger partial charge in [-0.3, -0.25) is 4.79 Å². The summed E-state index contributed by atoms with van der Waals surface area (Å²) in [4.78, 5) is 12.2. The Morgan fingerprint density at radius 3 is 2.22 bits per heavy atom. The van der Waals surface area contributed by atoms with Crippen molar-refractivity contribution in [2.24, 2.45) is 5.92 Å². The van der Waals surface area contributed by atoms with E-state index in [1.54, 1.807) is 0 Å². The lowest BCUT2D eigenvalue weighted by Gasteiger charge is -2.27. The van der Waals surface area contributed by atoms with E-state index < -0.39 is 0 Å². The summed E-state index contributed by atoms with van der Waals surface area (Å²) in [7, 11) is 0. The van der Waals surface area contributed by atoms with Crippen LogP contribution in [0.1, 0.15) is 57.8 Å². The van der Waals surface area contributed by atoms with E-state index in [0.717, 1.165) is 32.4 Å². The molecule has 1 saturated carbocycles. The minimum absolute atomic E-state index is 0. The maximum atomic E-state index is 12.2. The summed E-state index contributed by atoms with van der Waals surface area (Å²) < 4.78 is 0. The molecule has 0 radical (unpaired) electrons. The molecule has 1 atom stereocenters. The molecule has 0 unspecified atom stereocenters. The lowest BCUT2D eigenvalue weighted by atomic mass is 9.90. The first-order valence-corrected chi connectivity index (χ1v) is 7.37. The lowest BCUT2D eigenvalue weighted by molar-refractivity contribution is -0.126. The maximum absolute atomic E-state index is 12.2. The van der Waals surface area contributed by atoms with Crippen LogP contribution in [0.5, 0.6) is 0 Å². The fourth-order valence-corrected chi connectivity index (χ4v) is 3.01. The minimum Gasteiger partial charge on any atom is -0.352 e. The molecule has 106 valence electrons. The second-order valence-electron chi connectivity index (χ2n) is 5.59. The summed E-state index contributed by atoms with van der Waals surface area (Å²) in [6.45, 7) is 2.06. The average Bonchev–Trinajstić information content (AvgIpc) is 2.29. The Bertz CT molecular complexity index is 234. The van der Waals surface area contributed by atoms with E-state index in [1.807, 2.05) is 0 Å². The summed E-state index contributed by atoms with van der Waals surface area (Å²) in [6, 6.07) is 0.377. The van der Waals surface area contributed by atoms with Crippen LogP contribution in [0.4, 0.5) is 0 Å². The van der Waals surface area contributed by atoms with Crippen LogP contribution in [0.3, 0.4) is 0 Å². The van der Waals surface area contributed by atoms with Gasteiger partial charge in [0.05, 0.1) is 0 Å². The standard InChI is InChI=1S/C14H26N2O.ClH/c17-14(16-13-9-6-10-15-11-13)12-7-4-2-1-3-5-8-12;/h12-13,15H,1-11H2,(H,16,17);1H/t13-;/m1./s1. The number of halogens is 1. The first kappa shape index (κ1) is 15.8. The predicted octanol–water partition coefficient (Wildman–Crippen LogP) is 2.64. The third-order valence-corrected chi connectivity index (χ3v) is 4.12. The SMILES string of the molecule is Cl.O=C(N[C@@H]1CCCNC1)C1CCCCCCC1. The van der Waals surface area contributed by atoms with Crippen LogP contribution >= 0.6 is 12.4 Å². The summed E-state index contributed by atoms with van der Waals surface area (Å²) in [6.07, 6.45) is 11.0. The number of carbonyl (C=O) groups excluding carboxylic acids is 1. The van der Waals surface area contributed by atoms with Gasteiger partial charge in [-0.2, -0.15) is 0 Å². The molecule has 0 aromatic carbocycles. The second-order valence-corrected chi connectivity index (χ2v) is 5.59. The minimum atomic E-state index is 0. The van der Waals surface area contributed by atoms with Crippen LogP contribution in [0, 0.1) is 5.92 Å². The molecule has 0 aromatic rings. The van der Waals surface area contributed by atoms with E-state index in [2.05, 4.69) is 10.6 Å². The van der Waals surface area contributed by atoms with E-state index in [-0.39, 0.29) is 18.3 Å². The number of amides is 1. The first-order chi connectivity index (χ1) is 8.36. The smallest absolute Gasteiger partial charge is 0.223 e. The van der Waals surface area contributed by atoms with Gasteiger partial charge in [0.25, 0.3) is 0 Å². The zero-order valence-corrected chi connectivity index (χ0v) is 12.1. The summed E-state index contributed by atoms with van der Waals surface area (Å²) in [5.41, 5.74) is 0. The molecule has 0 aromatic heterocycles. The molecular formula is C14H27ClN2O. The molecule has 0 bridgehead atoms. The monoisotopic (exact) mass is 274 g/mol. The van der Waals surface area contributed by atoms with Crippen molar-refractivity contribution in [1.82, 2.24) is 10.6 Å². The van der Waals surface area contributed by atoms with Gasteiger partial charge in [0.2, 0.25) is 5.91 Å². The van der Waals surface area contributed by atoms with Gasteiger partial charge in [0, 0.05) is 18.5 Å². The number of hydrogen-bond acceptors (Lipinski definition) is 2. The van der Waals surface area contributed by atoms with Crippen molar-refractivity contribution < 1.29 is 4.79 Å². The van der Waals surface area contributed by atoms with Gasteiger partial charge in [-0.25, -0.2) is 0 Å². The third kappa shape index (κ3) is 5.15. The molecule has 1 aliphatic carbocycles. The van der Waals surface area contributed by atoms with Crippen molar-refractivity contribution in [3.8, 4) is 0 Å². The van der Waals surface area contributed by atoms with E-state index in [4.69, 9.17) is 0 Å². The van der Waals surface area contributed by atoms with Crippen LogP contribution in [0.15, 0.2) is 0 Å². The van der Waals surface area contributed by atoms with E-state index >= 15 is 0 Å². The molecule has 1 heterocycles.